The Morgan fingerprint density at radius 1 is 1.00 bits per heavy atom. The molecule has 0 saturated heterocycles. The number of hydrogen-bond donors (Lipinski definition) is 0. The lowest BCUT2D eigenvalue weighted by Gasteiger charge is -2.31. The van der Waals surface area contributed by atoms with Crippen LogP contribution in [0.25, 0.3) is 0 Å². The van der Waals surface area contributed by atoms with Crippen LogP contribution in [0.2, 0.25) is 0 Å². The maximum absolute atomic E-state index is 12.2. The lowest BCUT2D eigenvalue weighted by molar-refractivity contribution is -0.144. The van der Waals surface area contributed by atoms with Gasteiger partial charge in [0.2, 0.25) is 0 Å². The van der Waals surface area contributed by atoms with Crippen LogP contribution in [0.4, 0.5) is 0 Å². The van der Waals surface area contributed by atoms with Crippen LogP contribution in [0.1, 0.15) is 60.8 Å². The van der Waals surface area contributed by atoms with Crippen LogP contribution < -0.4 is 0 Å². The lowest BCUT2D eigenvalue weighted by atomic mass is 9.69. The van der Waals surface area contributed by atoms with Crippen molar-refractivity contribution in [2.75, 3.05) is 0 Å². The Labute approximate surface area is 93.4 Å². The molecule has 0 fully saturated rings. The predicted octanol–water partition coefficient (Wildman–Crippen LogP) is 3.39. The van der Waals surface area contributed by atoms with Crippen LogP contribution in [-0.2, 0) is 9.59 Å². The van der Waals surface area contributed by atoms with Crippen molar-refractivity contribution in [3.63, 3.8) is 0 Å². The standard InChI is InChI=1S/C13H24O2/c1-7-9-10(14)13(5,6)11(15)12(3,4)8-2/h7-9H2,1-6H3. The summed E-state index contributed by atoms with van der Waals surface area (Å²) in [6, 6.07) is 0. The third-order valence-electron chi connectivity index (χ3n) is 3.24. The summed E-state index contributed by atoms with van der Waals surface area (Å²) in [5.41, 5.74) is -1.22. The Balaban J connectivity index is 4.88. The number of carbonyl (C=O) groups is 2. The Hall–Kier alpha value is -0.660. The number of hydrogen-bond acceptors (Lipinski definition) is 2. The van der Waals surface area contributed by atoms with E-state index >= 15 is 0 Å². The van der Waals surface area contributed by atoms with E-state index in [0.29, 0.717) is 6.42 Å². The van der Waals surface area contributed by atoms with Crippen LogP contribution in [0, 0.1) is 10.8 Å². The minimum absolute atomic E-state index is 0.0657. The number of Topliss-reactive ketones (excluding diaryl/α,β-unsaturated/α-hetero) is 2. The minimum atomic E-state index is -0.824. The first-order valence-corrected chi connectivity index (χ1v) is 5.78. The van der Waals surface area contributed by atoms with Gasteiger partial charge in [0.25, 0.3) is 0 Å². The number of rotatable bonds is 6. The SMILES string of the molecule is CCCC(=O)C(C)(C)C(=O)C(C)(C)CC. The summed E-state index contributed by atoms with van der Waals surface area (Å²) < 4.78 is 0. The number of carbonyl (C=O) groups excluding carboxylic acids is 2. The summed E-state index contributed by atoms with van der Waals surface area (Å²) >= 11 is 0. The molecule has 0 atom stereocenters. The van der Waals surface area contributed by atoms with Crippen molar-refractivity contribution in [3.8, 4) is 0 Å². The molecule has 0 aliphatic heterocycles. The van der Waals surface area contributed by atoms with E-state index < -0.39 is 10.8 Å². The summed E-state index contributed by atoms with van der Waals surface area (Å²) in [6.07, 6.45) is 2.08. The molecule has 0 aliphatic rings. The summed E-state index contributed by atoms with van der Waals surface area (Å²) in [5.74, 6) is 0.132. The van der Waals surface area contributed by atoms with E-state index in [2.05, 4.69) is 0 Å². The normalized spacial score (nSPS) is 12.7. The van der Waals surface area contributed by atoms with Gasteiger partial charge in [-0.2, -0.15) is 0 Å². The van der Waals surface area contributed by atoms with E-state index in [1.807, 2.05) is 27.7 Å². The third-order valence-corrected chi connectivity index (χ3v) is 3.24. The van der Waals surface area contributed by atoms with Gasteiger partial charge < -0.3 is 0 Å². The molecule has 0 amide bonds. The molecule has 88 valence electrons. The van der Waals surface area contributed by atoms with Gasteiger partial charge in [-0.3, -0.25) is 9.59 Å². The minimum Gasteiger partial charge on any atom is -0.299 e. The van der Waals surface area contributed by atoms with Gasteiger partial charge in [-0.15, -0.1) is 0 Å². The Kier molecular flexibility index (Phi) is 4.69. The van der Waals surface area contributed by atoms with E-state index in [-0.39, 0.29) is 11.6 Å². The van der Waals surface area contributed by atoms with Gasteiger partial charge >= 0.3 is 0 Å². The van der Waals surface area contributed by atoms with Crippen molar-refractivity contribution >= 4 is 11.6 Å². The second kappa shape index (κ2) is 4.91. The third kappa shape index (κ3) is 3.15. The first-order valence-electron chi connectivity index (χ1n) is 5.78. The monoisotopic (exact) mass is 212 g/mol. The molecule has 0 bridgehead atoms. The molecular formula is C13H24O2. The summed E-state index contributed by atoms with van der Waals surface area (Å²) in [4.78, 5) is 24.1. The fraction of sp³-hybridized carbons (Fsp3) is 0.846. The van der Waals surface area contributed by atoms with Gasteiger partial charge in [0, 0.05) is 11.8 Å². The molecule has 0 rings (SSSR count). The molecule has 0 aromatic carbocycles. The molecule has 0 aromatic heterocycles. The second-order valence-corrected chi connectivity index (χ2v) is 5.36. The summed E-state index contributed by atoms with van der Waals surface area (Å²) in [7, 11) is 0. The highest BCUT2D eigenvalue weighted by atomic mass is 16.2. The fourth-order valence-electron chi connectivity index (χ4n) is 1.67. The van der Waals surface area contributed by atoms with Crippen molar-refractivity contribution < 1.29 is 9.59 Å². The van der Waals surface area contributed by atoms with Crippen LogP contribution in [0.5, 0.6) is 0 Å². The van der Waals surface area contributed by atoms with Gasteiger partial charge in [0.15, 0.2) is 5.78 Å². The first kappa shape index (κ1) is 14.3. The molecular weight excluding hydrogens is 188 g/mol. The molecule has 0 spiro atoms. The lowest BCUT2D eigenvalue weighted by Crippen LogP contribution is -2.41. The average Bonchev–Trinajstić information content (AvgIpc) is 2.17. The quantitative estimate of drug-likeness (QED) is 0.632. The van der Waals surface area contributed by atoms with E-state index in [0.717, 1.165) is 12.8 Å². The molecule has 0 N–H and O–H groups in total. The van der Waals surface area contributed by atoms with Crippen molar-refractivity contribution in [3.05, 3.63) is 0 Å². The van der Waals surface area contributed by atoms with Crippen LogP contribution in [-0.4, -0.2) is 11.6 Å². The highest BCUT2D eigenvalue weighted by Gasteiger charge is 2.42. The zero-order valence-corrected chi connectivity index (χ0v) is 10.9. The molecule has 15 heavy (non-hydrogen) atoms. The fourth-order valence-corrected chi connectivity index (χ4v) is 1.67. The molecule has 2 nitrogen and oxygen atoms in total. The van der Waals surface area contributed by atoms with E-state index in [4.69, 9.17) is 0 Å². The molecule has 0 unspecified atom stereocenters. The largest absolute Gasteiger partial charge is 0.299 e. The maximum Gasteiger partial charge on any atom is 0.151 e. The topological polar surface area (TPSA) is 34.1 Å². The number of ketones is 2. The van der Waals surface area contributed by atoms with Gasteiger partial charge in [-0.25, -0.2) is 0 Å². The van der Waals surface area contributed by atoms with Crippen molar-refractivity contribution in [1.82, 2.24) is 0 Å². The highest BCUT2D eigenvalue weighted by Crippen LogP contribution is 2.33. The molecule has 0 saturated carbocycles. The Morgan fingerprint density at radius 3 is 1.80 bits per heavy atom. The van der Waals surface area contributed by atoms with E-state index in [1.165, 1.54) is 0 Å². The van der Waals surface area contributed by atoms with Crippen molar-refractivity contribution in [2.45, 2.75) is 60.8 Å². The van der Waals surface area contributed by atoms with Gasteiger partial charge in [0.1, 0.15) is 5.78 Å². The Morgan fingerprint density at radius 2 is 1.47 bits per heavy atom. The van der Waals surface area contributed by atoms with E-state index in [1.54, 1.807) is 13.8 Å². The maximum atomic E-state index is 12.2. The summed E-state index contributed by atoms with van der Waals surface area (Å²) in [6.45, 7) is 11.3. The van der Waals surface area contributed by atoms with Crippen molar-refractivity contribution in [2.24, 2.45) is 10.8 Å². The zero-order valence-electron chi connectivity index (χ0n) is 10.9. The Bertz CT molecular complexity index is 249. The highest BCUT2D eigenvalue weighted by molar-refractivity contribution is 6.08. The first-order chi connectivity index (χ1) is 6.70. The second-order valence-electron chi connectivity index (χ2n) is 5.36. The van der Waals surface area contributed by atoms with Gasteiger partial charge in [-0.1, -0.05) is 27.7 Å². The van der Waals surface area contributed by atoms with Crippen LogP contribution >= 0.6 is 0 Å². The molecule has 2 heteroatoms. The van der Waals surface area contributed by atoms with Gasteiger partial charge in [-0.05, 0) is 26.7 Å². The van der Waals surface area contributed by atoms with Gasteiger partial charge in [0.05, 0.1) is 5.41 Å². The predicted molar refractivity (Wildman–Crippen MR) is 62.8 cm³/mol. The summed E-state index contributed by atoms with van der Waals surface area (Å²) in [5, 5.41) is 0. The van der Waals surface area contributed by atoms with Crippen molar-refractivity contribution in [1.29, 1.82) is 0 Å². The average molecular weight is 212 g/mol. The van der Waals surface area contributed by atoms with E-state index in [9.17, 15) is 9.59 Å². The smallest absolute Gasteiger partial charge is 0.151 e. The van der Waals surface area contributed by atoms with Crippen LogP contribution in [0.3, 0.4) is 0 Å². The molecule has 0 radical (unpaired) electrons. The molecule has 0 aromatic rings. The molecule has 0 heterocycles. The molecule has 0 aliphatic carbocycles. The zero-order chi connectivity index (χ0) is 12.3. The van der Waals surface area contributed by atoms with Crippen LogP contribution in [0.15, 0.2) is 0 Å².